The van der Waals surface area contributed by atoms with E-state index in [1.54, 1.807) is 0 Å². The molecule has 0 radical (unpaired) electrons. The summed E-state index contributed by atoms with van der Waals surface area (Å²) < 4.78 is 20.8. The van der Waals surface area contributed by atoms with Crippen molar-refractivity contribution in [3.05, 3.63) is 71.1 Å². The third-order valence-corrected chi connectivity index (χ3v) is 14.5. The van der Waals surface area contributed by atoms with E-state index < -0.39 is 21.4 Å². The Kier molecular flexibility index (Phi) is 9.75. The molecule has 1 aliphatic heterocycles. The maximum Gasteiger partial charge on any atom is 0.469 e. The van der Waals surface area contributed by atoms with E-state index in [9.17, 15) is 5.53 Å². The molecule has 0 unspecified atom stereocenters. The third kappa shape index (κ3) is 6.22. The Labute approximate surface area is 242 Å². The van der Waals surface area contributed by atoms with Crippen LogP contribution in [0, 0.1) is 11.8 Å². The smallest absolute Gasteiger partial charge is 0.407 e. The van der Waals surface area contributed by atoms with Gasteiger partial charge in [0.25, 0.3) is 8.32 Å². The molecule has 2 aliphatic carbocycles. The topological polar surface area (TPSA) is 76.5 Å². The van der Waals surface area contributed by atoms with Crippen LogP contribution in [0.4, 0.5) is 0 Å². The number of azide groups is 1. The second kappa shape index (κ2) is 13.3. The van der Waals surface area contributed by atoms with Gasteiger partial charge in [-0.2, -0.15) is 0 Å². The molecule has 1 heterocycles. The molecular weight excluding hydrogens is 513 g/mol. The van der Waals surface area contributed by atoms with E-state index in [0.717, 1.165) is 0 Å². The Balaban J connectivity index is 1.44. The minimum atomic E-state index is -2.78. The van der Waals surface area contributed by atoms with Crippen molar-refractivity contribution in [2.75, 3.05) is 6.61 Å². The predicted octanol–water partition coefficient (Wildman–Crippen LogP) is 7.21. The first-order valence-corrected chi connectivity index (χ1v) is 17.4. The molecule has 2 aromatic rings. The van der Waals surface area contributed by atoms with Gasteiger partial charge < -0.3 is 13.7 Å². The predicted molar refractivity (Wildman–Crippen MR) is 165 cm³/mol. The SMILES string of the molecule is CC(C)(C)[Si](OC[C@@H](N=[N+]=[N-])B1O[C@@H](C2CCCCC2)[C@H](C2CCCCC2)O1)(c1ccccc1)c1ccccc1. The Bertz CT molecular complexity index is 1050. The van der Waals surface area contributed by atoms with Crippen LogP contribution in [0.5, 0.6) is 0 Å². The highest BCUT2D eigenvalue weighted by molar-refractivity contribution is 6.99. The zero-order valence-electron chi connectivity index (χ0n) is 24.6. The molecule has 1 saturated heterocycles. The van der Waals surface area contributed by atoms with Gasteiger partial charge in [0.2, 0.25) is 0 Å². The molecule has 0 spiro atoms. The van der Waals surface area contributed by atoms with Crippen molar-refractivity contribution >= 4 is 25.8 Å². The quantitative estimate of drug-likeness (QED) is 0.141. The standard InChI is InChI=1S/C32H46BN3O3Si/c1-32(2,3)40(27-20-12-6-13-21-27,28-22-14-7-15-23-28)37-24-29(35-36-34)33-38-30(25-16-8-4-9-17-25)31(39-33)26-18-10-5-11-19-26/h6-7,12-15,20-23,25-26,29-31H,4-5,8-11,16-19,24H2,1-3H3/t29-,30+,31+/m1/s1. The zero-order chi connectivity index (χ0) is 28.0. The third-order valence-electron chi connectivity index (χ3n) is 9.54. The second-order valence-corrected chi connectivity index (χ2v) is 17.4. The molecule has 8 heteroatoms. The Morgan fingerprint density at radius 2 is 1.27 bits per heavy atom. The van der Waals surface area contributed by atoms with Gasteiger partial charge in [0, 0.05) is 11.5 Å². The van der Waals surface area contributed by atoms with Crippen molar-refractivity contribution in [1.82, 2.24) is 0 Å². The number of nitrogens with zero attached hydrogens (tertiary/aromatic N) is 3. The summed E-state index contributed by atoms with van der Waals surface area (Å²) in [5, 5.41) is 6.52. The van der Waals surface area contributed by atoms with Crippen molar-refractivity contribution in [3.8, 4) is 0 Å². The van der Waals surface area contributed by atoms with Crippen LogP contribution in [0.2, 0.25) is 5.04 Å². The molecule has 40 heavy (non-hydrogen) atoms. The van der Waals surface area contributed by atoms with Gasteiger partial charge in [-0.1, -0.05) is 125 Å². The average Bonchev–Trinajstić information content (AvgIpc) is 3.44. The molecule has 0 bridgehead atoms. The average molecular weight is 560 g/mol. The van der Waals surface area contributed by atoms with Gasteiger partial charge in [0.1, 0.15) is 0 Å². The Hall–Kier alpha value is -2.09. The van der Waals surface area contributed by atoms with Gasteiger partial charge in [-0.3, -0.25) is 0 Å². The highest BCUT2D eigenvalue weighted by Crippen LogP contribution is 2.42. The lowest BCUT2D eigenvalue weighted by molar-refractivity contribution is 0.0324. The van der Waals surface area contributed by atoms with Crippen LogP contribution in [0.3, 0.4) is 0 Å². The van der Waals surface area contributed by atoms with Crippen LogP contribution in [-0.4, -0.2) is 40.2 Å². The molecule has 0 aromatic heterocycles. The summed E-state index contributed by atoms with van der Waals surface area (Å²) in [6, 6.07) is 21.2. The molecule has 6 nitrogen and oxygen atoms in total. The summed E-state index contributed by atoms with van der Waals surface area (Å²) in [7, 11) is -3.36. The monoisotopic (exact) mass is 559 g/mol. The summed E-state index contributed by atoms with van der Waals surface area (Å²) in [6.45, 7) is 7.06. The fourth-order valence-electron chi connectivity index (χ4n) is 7.57. The maximum absolute atomic E-state index is 9.65. The highest BCUT2D eigenvalue weighted by atomic mass is 28.4. The van der Waals surface area contributed by atoms with Crippen LogP contribution >= 0.6 is 0 Å². The maximum atomic E-state index is 9.65. The molecule has 2 aromatic carbocycles. The number of hydrogen-bond donors (Lipinski definition) is 0. The zero-order valence-corrected chi connectivity index (χ0v) is 25.6. The van der Waals surface area contributed by atoms with Crippen molar-refractivity contribution in [3.63, 3.8) is 0 Å². The van der Waals surface area contributed by atoms with E-state index >= 15 is 0 Å². The van der Waals surface area contributed by atoms with Gasteiger partial charge >= 0.3 is 7.12 Å². The van der Waals surface area contributed by atoms with Crippen molar-refractivity contribution in [2.24, 2.45) is 17.0 Å². The molecule has 3 fully saturated rings. The minimum Gasteiger partial charge on any atom is -0.407 e. The van der Waals surface area contributed by atoms with Crippen molar-refractivity contribution in [1.29, 1.82) is 0 Å². The van der Waals surface area contributed by atoms with E-state index in [0.29, 0.717) is 11.8 Å². The number of rotatable bonds is 9. The molecule has 5 rings (SSSR count). The van der Waals surface area contributed by atoms with Crippen LogP contribution in [-0.2, 0) is 13.7 Å². The highest BCUT2D eigenvalue weighted by Gasteiger charge is 2.53. The Morgan fingerprint density at radius 3 is 1.68 bits per heavy atom. The van der Waals surface area contributed by atoms with Gasteiger partial charge in [-0.05, 0) is 58.5 Å². The van der Waals surface area contributed by atoms with Gasteiger partial charge in [0.05, 0.1) is 18.1 Å². The first kappa shape index (κ1) is 29.4. The van der Waals surface area contributed by atoms with E-state index in [1.807, 2.05) is 0 Å². The normalized spacial score (nSPS) is 24.0. The summed E-state index contributed by atoms with van der Waals surface area (Å²) >= 11 is 0. The number of benzene rings is 2. The first-order valence-electron chi connectivity index (χ1n) is 15.5. The fraction of sp³-hybridized carbons (Fsp3) is 0.625. The van der Waals surface area contributed by atoms with E-state index in [4.69, 9.17) is 13.7 Å². The van der Waals surface area contributed by atoms with E-state index in [-0.39, 0.29) is 23.9 Å². The van der Waals surface area contributed by atoms with Gasteiger partial charge in [-0.15, -0.1) is 0 Å². The van der Waals surface area contributed by atoms with Gasteiger partial charge in [-0.25, -0.2) is 0 Å². The summed E-state index contributed by atoms with van der Waals surface area (Å²) in [5.74, 6) is 0.497. The van der Waals surface area contributed by atoms with Crippen LogP contribution in [0.15, 0.2) is 65.8 Å². The molecule has 214 valence electrons. The molecular formula is C32H46BN3O3Si. The molecule has 3 atom stereocenters. The second-order valence-electron chi connectivity index (χ2n) is 13.1. The van der Waals surface area contributed by atoms with Crippen LogP contribution in [0.25, 0.3) is 10.4 Å². The summed E-state index contributed by atoms with van der Waals surface area (Å²) in [4.78, 5) is 3.26. The molecule has 0 amide bonds. The summed E-state index contributed by atoms with van der Waals surface area (Å²) in [6.07, 6.45) is 12.7. The Morgan fingerprint density at radius 1 is 0.825 bits per heavy atom. The van der Waals surface area contributed by atoms with Crippen LogP contribution < -0.4 is 10.4 Å². The minimum absolute atomic E-state index is 0.0812. The molecule has 2 saturated carbocycles. The molecule has 3 aliphatic rings. The van der Waals surface area contributed by atoms with Crippen molar-refractivity contribution < 1.29 is 13.7 Å². The lowest BCUT2D eigenvalue weighted by atomic mass is 9.77. The summed E-state index contributed by atoms with van der Waals surface area (Å²) in [5.41, 5.74) is 9.65. The molecule has 0 N–H and O–H groups in total. The van der Waals surface area contributed by atoms with Crippen molar-refractivity contribution in [2.45, 2.75) is 108 Å². The van der Waals surface area contributed by atoms with E-state index in [1.165, 1.54) is 74.6 Å². The lowest BCUT2D eigenvalue weighted by Crippen LogP contribution is -2.67. The fourth-order valence-corrected chi connectivity index (χ4v) is 12.1. The largest absolute Gasteiger partial charge is 0.469 e. The first-order chi connectivity index (χ1) is 19.4. The van der Waals surface area contributed by atoms with Crippen LogP contribution in [0.1, 0.15) is 85.0 Å². The van der Waals surface area contributed by atoms with Gasteiger partial charge in [0.15, 0.2) is 0 Å². The lowest BCUT2D eigenvalue weighted by Gasteiger charge is -2.43. The van der Waals surface area contributed by atoms with E-state index in [2.05, 4.69) is 91.5 Å². The number of hydrogen-bond acceptors (Lipinski definition) is 4.